The Labute approximate surface area is 68.8 Å². The quantitative estimate of drug-likeness (QED) is 0.404. The zero-order valence-corrected chi connectivity index (χ0v) is 7.39. The van der Waals surface area contributed by atoms with E-state index in [0.717, 1.165) is 23.7 Å². The molecule has 0 N–H and O–H groups in total. The molecule has 0 aromatic heterocycles. The molecule has 9 heavy (non-hydrogen) atoms. The average Bonchev–Trinajstić information content (AvgIpc) is 1.80. The van der Waals surface area contributed by atoms with E-state index in [1.807, 2.05) is 0 Å². The van der Waals surface area contributed by atoms with Crippen LogP contribution in [0, 0.1) is 0 Å². The molecule has 0 amide bonds. The highest BCUT2D eigenvalue weighted by Crippen LogP contribution is 2.00. The van der Waals surface area contributed by atoms with Gasteiger partial charge in [0, 0.05) is 5.97 Å². The minimum absolute atomic E-state index is 0.219. The fourth-order valence-electron chi connectivity index (χ4n) is 0.541. The van der Waals surface area contributed by atoms with E-state index < -0.39 is 5.97 Å². The number of carboxylic acids is 1. The van der Waals surface area contributed by atoms with Crippen molar-refractivity contribution in [2.75, 3.05) is 4.43 Å². The van der Waals surface area contributed by atoms with Gasteiger partial charge in [-0.05, 0) is 23.7 Å². The highest BCUT2D eigenvalue weighted by Gasteiger charge is 1.87. The van der Waals surface area contributed by atoms with Crippen LogP contribution >= 0.6 is 22.6 Å². The Balaban J connectivity index is 2.83. The first-order valence-electron chi connectivity index (χ1n) is 3.03. The van der Waals surface area contributed by atoms with Crippen LogP contribution in [0.25, 0.3) is 0 Å². The predicted molar refractivity (Wildman–Crippen MR) is 42.4 cm³/mol. The first-order chi connectivity index (χ1) is 4.27. The molecule has 0 unspecified atom stereocenters. The van der Waals surface area contributed by atoms with Crippen LogP contribution in [-0.4, -0.2) is 10.4 Å². The zero-order chi connectivity index (χ0) is 7.11. The van der Waals surface area contributed by atoms with E-state index in [-0.39, 0.29) is 6.42 Å². The Kier molecular flexibility index (Phi) is 6.46. The van der Waals surface area contributed by atoms with E-state index in [9.17, 15) is 9.90 Å². The summed E-state index contributed by atoms with van der Waals surface area (Å²) in [6, 6.07) is 0. The zero-order valence-electron chi connectivity index (χ0n) is 5.23. The molecule has 0 heterocycles. The highest BCUT2D eigenvalue weighted by molar-refractivity contribution is 14.1. The summed E-state index contributed by atoms with van der Waals surface area (Å²) in [5.74, 6) is -0.927. The highest BCUT2D eigenvalue weighted by atomic mass is 127. The van der Waals surface area contributed by atoms with Crippen LogP contribution in [0.3, 0.4) is 0 Å². The molecule has 0 aliphatic rings. The van der Waals surface area contributed by atoms with Gasteiger partial charge in [-0.25, -0.2) is 0 Å². The summed E-state index contributed by atoms with van der Waals surface area (Å²) in [4.78, 5) is 9.85. The van der Waals surface area contributed by atoms with E-state index >= 15 is 0 Å². The second-order valence-electron chi connectivity index (χ2n) is 1.87. The molecule has 0 aromatic carbocycles. The first-order valence-corrected chi connectivity index (χ1v) is 4.55. The van der Waals surface area contributed by atoms with Gasteiger partial charge < -0.3 is 9.90 Å². The molecule has 3 heteroatoms. The number of aliphatic carboxylic acids is 1. The van der Waals surface area contributed by atoms with Crippen molar-refractivity contribution in [1.29, 1.82) is 0 Å². The molecule has 0 aliphatic carbocycles. The number of unbranched alkanes of at least 4 members (excludes halogenated alkanes) is 2. The number of hydrogen-bond acceptors (Lipinski definition) is 2. The average molecular weight is 241 g/mol. The summed E-state index contributed by atoms with van der Waals surface area (Å²) in [6.45, 7) is 0. The Bertz CT molecular complexity index is 83.1. The minimum Gasteiger partial charge on any atom is -0.550 e. The van der Waals surface area contributed by atoms with E-state index in [2.05, 4.69) is 22.6 Å². The second-order valence-corrected chi connectivity index (χ2v) is 2.95. The van der Waals surface area contributed by atoms with Gasteiger partial charge in [-0.15, -0.1) is 0 Å². The van der Waals surface area contributed by atoms with Crippen molar-refractivity contribution >= 4 is 28.6 Å². The Hall–Kier alpha value is 0.200. The number of halogens is 1. The molecular formula is C6H10IO2-. The SMILES string of the molecule is O=C([O-])CCCCCI. The lowest BCUT2D eigenvalue weighted by Gasteiger charge is -1.98. The normalized spacial score (nSPS) is 9.44. The van der Waals surface area contributed by atoms with Gasteiger partial charge >= 0.3 is 0 Å². The number of carbonyl (C=O) groups is 1. The molecule has 54 valence electrons. The molecule has 0 saturated heterocycles. The summed E-state index contributed by atoms with van der Waals surface area (Å²) < 4.78 is 1.12. The monoisotopic (exact) mass is 241 g/mol. The Morgan fingerprint density at radius 1 is 1.33 bits per heavy atom. The molecule has 0 rings (SSSR count). The predicted octanol–water partition coefficient (Wildman–Crippen LogP) is 0.732. The fourth-order valence-corrected chi connectivity index (χ4v) is 1.08. The number of rotatable bonds is 5. The molecule has 0 spiro atoms. The van der Waals surface area contributed by atoms with Gasteiger partial charge in [0.2, 0.25) is 0 Å². The van der Waals surface area contributed by atoms with Gasteiger partial charge in [-0.3, -0.25) is 0 Å². The number of alkyl halides is 1. The van der Waals surface area contributed by atoms with Crippen LogP contribution in [0.5, 0.6) is 0 Å². The van der Waals surface area contributed by atoms with E-state index in [0.29, 0.717) is 0 Å². The first kappa shape index (κ1) is 9.20. The minimum atomic E-state index is -0.927. The van der Waals surface area contributed by atoms with E-state index in [1.165, 1.54) is 0 Å². The van der Waals surface area contributed by atoms with Crippen LogP contribution in [0.4, 0.5) is 0 Å². The van der Waals surface area contributed by atoms with Gasteiger partial charge in [0.05, 0.1) is 0 Å². The van der Waals surface area contributed by atoms with Gasteiger partial charge in [0.1, 0.15) is 0 Å². The maximum atomic E-state index is 9.85. The fraction of sp³-hybridized carbons (Fsp3) is 0.833. The van der Waals surface area contributed by atoms with Crippen molar-refractivity contribution < 1.29 is 9.90 Å². The lowest BCUT2D eigenvalue weighted by molar-refractivity contribution is -0.305. The second kappa shape index (κ2) is 6.32. The van der Waals surface area contributed by atoms with Crippen molar-refractivity contribution in [3.63, 3.8) is 0 Å². The van der Waals surface area contributed by atoms with Gasteiger partial charge in [-0.1, -0.05) is 29.0 Å². The van der Waals surface area contributed by atoms with E-state index in [4.69, 9.17) is 0 Å². The molecule has 0 saturated carbocycles. The van der Waals surface area contributed by atoms with Gasteiger partial charge in [-0.2, -0.15) is 0 Å². The molecule has 0 aromatic rings. The topological polar surface area (TPSA) is 40.1 Å². The number of carboxylic acid groups (broad SMARTS) is 1. The van der Waals surface area contributed by atoms with Crippen LogP contribution in [0.15, 0.2) is 0 Å². The third kappa shape index (κ3) is 8.20. The summed E-state index contributed by atoms with van der Waals surface area (Å²) in [6.07, 6.45) is 3.12. The molecular weight excluding hydrogens is 231 g/mol. The summed E-state index contributed by atoms with van der Waals surface area (Å²) in [5.41, 5.74) is 0. The maximum Gasteiger partial charge on any atom is 0.0414 e. The van der Waals surface area contributed by atoms with Crippen molar-refractivity contribution in [3.8, 4) is 0 Å². The summed E-state index contributed by atoms with van der Waals surface area (Å²) >= 11 is 2.28. The van der Waals surface area contributed by atoms with Gasteiger partial charge in [0.25, 0.3) is 0 Å². The largest absolute Gasteiger partial charge is 0.550 e. The smallest absolute Gasteiger partial charge is 0.0414 e. The number of hydrogen-bond donors (Lipinski definition) is 0. The van der Waals surface area contributed by atoms with Crippen LogP contribution in [-0.2, 0) is 4.79 Å². The van der Waals surface area contributed by atoms with Crippen molar-refractivity contribution in [2.45, 2.75) is 25.7 Å². The summed E-state index contributed by atoms with van der Waals surface area (Å²) in [7, 11) is 0. The third-order valence-electron chi connectivity index (χ3n) is 1.01. The van der Waals surface area contributed by atoms with E-state index in [1.54, 1.807) is 0 Å². The van der Waals surface area contributed by atoms with Crippen LogP contribution in [0.2, 0.25) is 0 Å². The maximum absolute atomic E-state index is 9.85. The molecule has 0 radical (unpaired) electrons. The Morgan fingerprint density at radius 2 is 2.00 bits per heavy atom. The number of carbonyl (C=O) groups excluding carboxylic acids is 1. The molecule has 0 bridgehead atoms. The van der Waals surface area contributed by atoms with Crippen molar-refractivity contribution in [1.82, 2.24) is 0 Å². The van der Waals surface area contributed by atoms with Crippen molar-refractivity contribution in [3.05, 3.63) is 0 Å². The lowest BCUT2D eigenvalue weighted by Crippen LogP contribution is -2.21. The molecule has 0 aliphatic heterocycles. The van der Waals surface area contributed by atoms with Crippen molar-refractivity contribution in [2.24, 2.45) is 0 Å². The van der Waals surface area contributed by atoms with Crippen LogP contribution < -0.4 is 5.11 Å². The molecule has 0 atom stereocenters. The lowest BCUT2D eigenvalue weighted by atomic mass is 10.2. The van der Waals surface area contributed by atoms with Crippen LogP contribution in [0.1, 0.15) is 25.7 Å². The Morgan fingerprint density at radius 3 is 2.44 bits per heavy atom. The summed E-state index contributed by atoms with van der Waals surface area (Å²) in [5, 5.41) is 9.85. The molecule has 0 fully saturated rings. The third-order valence-corrected chi connectivity index (χ3v) is 1.78. The molecule has 2 nitrogen and oxygen atoms in total. The standard InChI is InChI=1S/C6H11IO2/c7-5-3-1-2-4-6(8)9/h1-5H2,(H,8,9)/p-1. The van der Waals surface area contributed by atoms with Gasteiger partial charge in [0.15, 0.2) is 0 Å².